The molecule has 1 heterocycles. The second-order valence-electron chi connectivity index (χ2n) is 6.29. The van der Waals surface area contributed by atoms with Crippen LogP contribution < -0.4 is 0 Å². The van der Waals surface area contributed by atoms with Gasteiger partial charge in [-0.25, -0.2) is 13.8 Å². The summed E-state index contributed by atoms with van der Waals surface area (Å²) in [6, 6.07) is 10.9. The molecule has 2 aromatic carbocycles. The van der Waals surface area contributed by atoms with E-state index in [1.807, 2.05) is 24.3 Å². The fourth-order valence-corrected chi connectivity index (χ4v) is 5.08. The van der Waals surface area contributed by atoms with Gasteiger partial charge >= 0.3 is 0 Å². The predicted octanol–water partition coefficient (Wildman–Crippen LogP) is 3.38. The molecule has 2 aromatic rings. The Kier molecular flexibility index (Phi) is 4.28. The highest BCUT2D eigenvalue weighted by molar-refractivity contribution is 8.15. The molecule has 4 rings (SSSR count). The average Bonchev–Trinajstić information content (AvgIpc) is 3.03. The quantitative estimate of drug-likeness (QED) is 0.877. The van der Waals surface area contributed by atoms with Gasteiger partial charge in [-0.15, -0.1) is 0 Å². The number of amides is 1. The first-order valence-electron chi connectivity index (χ1n) is 8.30. The van der Waals surface area contributed by atoms with Gasteiger partial charge in [-0.05, 0) is 48.6 Å². The highest BCUT2D eigenvalue weighted by atomic mass is 32.2. The van der Waals surface area contributed by atoms with Crippen molar-refractivity contribution in [3.05, 3.63) is 70.8 Å². The number of thioether (sulfide) groups is 1. The van der Waals surface area contributed by atoms with Crippen molar-refractivity contribution in [2.24, 2.45) is 5.10 Å². The van der Waals surface area contributed by atoms with E-state index in [4.69, 9.17) is 0 Å². The lowest BCUT2D eigenvalue weighted by Crippen LogP contribution is -2.44. The largest absolute Gasteiger partial charge is 0.386 e. The van der Waals surface area contributed by atoms with Gasteiger partial charge in [-0.1, -0.05) is 36.0 Å². The maximum absolute atomic E-state index is 14.3. The van der Waals surface area contributed by atoms with Crippen molar-refractivity contribution in [1.29, 1.82) is 0 Å². The Hall–Kier alpha value is -2.25. The van der Waals surface area contributed by atoms with Crippen LogP contribution in [0, 0.1) is 11.6 Å². The molecule has 0 fully saturated rings. The number of aliphatic hydroxyl groups excluding tert-OH is 1. The van der Waals surface area contributed by atoms with Crippen LogP contribution in [0.5, 0.6) is 0 Å². The van der Waals surface area contributed by atoms with E-state index < -0.39 is 29.0 Å². The van der Waals surface area contributed by atoms with Gasteiger partial charge in [0.1, 0.15) is 28.2 Å². The molecule has 0 bridgehead atoms. The highest BCUT2D eigenvalue weighted by Gasteiger charge is 2.50. The molecule has 1 atom stereocenters. The van der Waals surface area contributed by atoms with Crippen LogP contribution >= 0.6 is 11.8 Å². The minimum absolute atomic E-state index is 0.0191. The molecular formula is C19H16F2N2O2S. The van der Waals surface area contributed by atoms with Gasteiger partial charge < -0.3 is 5.11 Å². The fourth-order valence-electron chi connectivity index (χ4n) is 3.59. The number of hydrogen-bond donors (Lipinski definition) is 1. The number of halogens is 2. The molecule has 1 aliphatic carbocycles. The van der Waals surface area contributed by atoms with Crippen molar-refractivity contribution in [1.82, 2.24) is 5.01 Å². The predicted molar refractivity (Wildman–Crippen MR) is 95.5 cm³/mol. The molecule has 0 aromatic heterocycles. The summed E-state index contributed by atoms with van der Waals surface area (Å²) in [5.74, 6) is -1.74. The molecular weight excluding hydrogens is 358 g/mol. The summed E-state index contributed by atoms with van der Waals surface area (Å²) in [6.07, 6.45) is 2.32. The van der Waals surface area contributed by atoms with Gasteiger partial charge in [0, 0.05) is 5.56 Å². The first-order chi connectivity index (χ1) is 12.5. The molecule has 1 aliphatic heterocycles. The van der Waals surface area contributed by atoms with Crippen LogP contribution in [-0.4, -0.2) is 27.7 Å². The summed E-state index contributed by atoms with van der Waals surface area (Å²) >= 11 is 1.24. The summed E-state index contributed by atoms with van der Waals surface area (Å²) in [6.45, 7) is -0.701. The number of hydrazone groups is 1. The smallest absolute Gasteiger partial charge is 0.270 e. The Balaban J connectivity index is 1.85. The maximum Gasteiger partial charge on any atom is 0.270 e. The Bertz CT molecular complexity index is 918. The maximum atomic E-state index is 14.3. The number of hydrogen-bond acceptors (Lipinski definition) is 4. The van der Waals surface area contributed by atoms with E-state index in [9.17, 15) is 18.7 Å². The zero-order valence-electron chi connectivity index (χ0n) is 13.8. The number of nitrogens with zero attached hydrogens (tertiary/aromatic N) is 2. The van der Waals surface area contributed by atoms with E-state index >= 15 is 0 Å². The molecule has 1 unspecified atom stereocenters. The summed E-state index contributed by atoms with van der Waals surface area (Å²) in [4.78, 5) is 11.6. The number of rotatable bonds is 2. The molecule has 0 radical (unpaired) electrons. The number of fused-ring (bicyclic) bond motifs is 2. The highest BCUT2D eigenvalue weighted by Crippen LogP contribution is 2.53. The van der Waals surface area contributed by atoms with E-state index in [-0.39, 0.29) is 10.6 Å². The van der Waals surface area contributed by atoms with Crippen molar-refractivity contribution in [3.63, 3.8) is 0 Å². The van der Waals surface area contributed by atoms with Gasteiger partial charge in [0.25, 0.3) is 5.91 Å². The summed E-state index contributed by atoms with van der Waals surface area (Å²) in [5.41, 5.74) is 2.04. The van der Waals surface area contributed by atoms with Crippen LogP contribution in [0.1, 0.15) is 29.5 Å². The number of aliphatic hydroxyl groups is 1. The number of carbonyl (C=O) groups excluding carboxylic acids is 1. The van der Waals surface area contributed by atoms with Crippen LogP contribution in [-0.2, 0) is 16.1 Å². The molecule has 0 saturated heterocycles. The lowest BCUT2D eigenvalue weighted by atomic mass is 9.86. The van der Waals surface area contributed by atoms with Crippen LogP contribution in [0.3, 0.4) is 0 Å². The Morgan fingerprint density at radius 3 is 2.88 bits per heavy atom. The Labute approximate surface area is 153 Å². The second-order valence-corrected chi connectivity index (χ2v) is 7.56. The molecule has 1 amide bonds. The first-order valence-corrected chi connectivity index (χ1v) is 9.12. The van der Waals surface area contributed by atoms with Gasteiger partial charge in [0.15, 0.2) is 0 Å². The van der Waals surface area contributed by atoms with Crippen molar-refractivity contribution in [2.75, 3.05) is 6.61 Å². The third kappa shape index (κ3) is 2.62. The normalized spacial score (nSPS) is 21.7. The van der Waals surface area contributed by atoms with Crippen molar-refractivity contribution in [2.45, 2.75) is 24.1 Å². The molecule has 26 heavy (non-hydrogen) atoms. The third-order valence-electron chi connectivity index (χ3n) is 4.73. The lowest BCUT2D eigenvalue weighted by molar-refractivity contribution is -0.138. The number of benzene rings is 2. The summed E-state index contributed by atoms with van der Waals surface area (Å²) in [5, 5.41) is 15.2. The van der Waals surface area contributed by atoms with Gasteiger partial charge in [0.2, 0.25) is 0 Å². The minimum atomic E-state index is -0.844. The third-order valence-corrected chi connectivity index (χ3v) is 6.16. The van der Waals surface area contributed by atoms with Gasteiger partial charge in [-0.3, -0.25) is 4.79 Å². The van der Waals surface area contributed by atoms with Gasteiger partial charge in [0.05, 0.1) is 0 Å². The van der Waals surface area contributed by atoms with E-state index in [2.05, 4.69) is 5.10 Å². The van der Waals surface area contributed by atoms with Gasteiger partial charge in [-0.2, -0.15) is 5.10 Å². The lowest BCUT2D eigenvalue weighted by Gasteiger charge is -2.39. The van der Waals surface area contributed by atoms with Crippen LogP contribution in [0.2, 0.25) is 0 Å². The zero-order valence-corrected chi connectivity index (χ0v) is 14.6. The van der Waals surface area contributed by atoms with Crippen molar-refractivity contribution < 1.29 is 18.7 Å². The first kappa shape index (κ1) is 17.2. The molecule has 7 heteroatoms. The molecule has 1 N–H and O–H groups in total. The Morgan fingerprint density at radius 2 is 2.08 bits per heavy atom. The van der Waals surface area contributed by atoms with E-state index in [1.165, 1.54) is 16.8 Å². The monoisotopic (exact) mass is 374 g/mol. The SMILES string of the molecule is O=C(CO)N1N=C(c2cc(F)ccc2F)SC12CCCc1ccccc12. The van der Waals surface area contributed by atoms with Crippen LogP contribution in [0.25, 0.3) is 0 Å². The summed E-state index contributed by atoms with van der Waals surface area (Å²) in [7, 11) is 0. The Morgan fingerprint density at radius 1 is 1.27 bits per heavy atom. The van der Waals surface area contributed by atoms with Crippen molar-refractivity contribution >= 4 is 22.7 Å². The molecule has 0 saturated carbocycles. The van der Waals surface area contributed by atoms with E-state index in [0.717, 1.165) is 42.2 Å². The van der Waals surface area contributed by atoms with E-state index in [0.29, 0.717) is 6.42 Å². The van der Waals surface area contributed by atoms with Crippen LogP contribution in [0.15, 0.2) is 47.6 Å². The molecule has 134 valence electrons. The number of carbonyl (C=O) groups is 1. The van der Waals surface area contributed by atoms with Crippen LogP contribution in [0.4, 0.5) is 8.78 Å². The topological polar surface area (TPSA) is 52.9 Å². The second kappa shape index (κ2) is 6.48. The van der Waals surface area contributed by atoms with Crippen molar-refractivity contribution in [3.8, 4) is 0 Å². The average molecular weight is 374 g/mol. The number of aryl methyl sites for hydroxylation is 1. The van der Waals surface area contributed by atoms with E-state index in [1.54, 1.807) is 0 Å². The fraction of sp³-hybridized carbons (Fsp3) is 0.263. The minimum Gasteiger partial charge on any atom is -0.386 e. The molecule has 2 aliphatic rings. The zero-order chi connectivity index (χ0) is 18.3. The molecule has 1 spiro atoms. The summed E-state index contributed by atoms with van der Waals surface area (Å²) < 4.78 is 27.9. The molecule has 4 nitrogen and oxygen atoms in total. The standard InChI is InChI=1S/C19H16F2N2O2S/c20-13-7-8-16(21)14(10-13)18-22-23(17(25)11-24)19(26-18)9-3-5-12-4-1-2-6-15(12)19/h1-2,4,6-8,10,24H,3,5,9,11H2.